The van der Waals surface area contributed by atoms with Crippen molar-refractivity contribution in [3.05, 3.63) is 11.1 Å². The molecule has 2 N–H and O–H groups in total. The average molecular weight is 256 g/mol. The van der Waals surface area contributed by atoms with Crippen molar-refractivity contribution >= 4 is 11.9 Å². The van der Waals surface area contributed by atoms with E-state index in [4.69, 9.17) is 9.84 Å². The zero-order valence-corrected chi connectivity index (χ0v) is 10.9. The molecule has 1 saturated heterocycles. The molecule has 0 saturated carbocycles. The van der Waals surface area contributed by atoms with Crippen molar-refractivity contribution in [2.75, 3.05) is 39.4 Å². The maximum absolute atomic E-state index is 11.7. The first-order valence-corrected chi connectivity index (χ1v) is 6.01. The molecule has 6 heteroatoms. The van der Waals surface area contributed by atoms with Crippen molar-refractivity contribution in [1.29, 1.82) is 0 Å². The number of aliphatic carboxylic acids is 1. The van der Waals surface area contributed by atoms with Crippen LogP contribution >= 0.6 is 0 Å². The van der Waals surface area contributed by atoms with Gasteiger partial charge in [-0.25, -0.2) is 4.79 Å². The summed E-state index contributed by atoms with van der Waals surface area (Å²) in [4.78, 5) is 24.6. The molecule has 0 aliphatic carbocycles. The standard InChI is InChI=1S/C12H20N2O4/c1-9(10(2)12(16)17)11(15)13-3-4-14-5-7-18-8-6-14/h3-8H2,1-2H3,(H,13,15)(H,16,17)/b10-9-. The number of carbonyl (C=O) groups excluding carboxylic acids is 1. The highest BCUT2D eigenvalue weighted by Gasteiger charge is 2.13. The molecule has 18 heavy (non-hydrogen) atoms. The van der Waals surface area contributed by atoms with E-state index in [0.717, 1.165) is 32.8 Å². The van der Waals surface area contributed by atoms with Crippen molar-refractivity contribution in [3.8, 4) is 0 Å². The fourth-order valence-electron chi connectivity index (χ4n) is 1.62. The Bertz CT molecular complexity index is 346. The van der Waals surface area contributed by atoms with E-state index in [-0.39, 0.29) is 17.1 Å². The van der Waals surface area contributed by atoms with Crippen LogP contribution in [-0.2, 0) is 14.3 Å². The maximum Gasteiger partial charge on any atom is 0.331 e. The van der Waals surface area contributed by atoms with Gasteiger partial charge in [0.15, 0.2) is 0 Å². The lowest BCUT2D eigenvalue weighted by molar-refractivity contribution is -0.133. The predicted octanol–water partition coefficient (Wildman–Crippen LogP) is -0.144. The molecule has 1 rings (SSSR count). The fraction of sp³-hybridized carbons (Fsp3) is 0.667. The zero-order valence-electron chi connectivity index (χ0n) is 10.9. The maximum atomic E-state index is 11.7. The Morgan fingerprint density at radius 1 is 1.22 bits per heavy atom. The second-order valence-electron chi connectivity index (χ2n) is 4.27. The van der Waals surface area contributed by atoms with Gasteiger partial charge in [0, 0.05) is 37.3 Å². The minimum Gasteiger partial charge on any atom is -0.478 e. The molecule has 0 aromatic carbocycles. The molecule has 102 valence electrons. The largest absolute Gasteiger partial charge is 0.478 e. The SMILES string of the molecule is C/C(C(=O)O)=C(\C)C(=O)NCCN1CCOCC1. The van der Waals surface area contributed by atoms with Crippen LogP contribution in [0.2, 0.25) is 0 Å². The summed E-state index contributed by atoms with van der Waals surface area (Å²) in [6, 6.07) is 0. The van der Waals surface area contributed by atoms with Gasteiger partial charge in [0.1, 0.15) is 0 Å². The third-order valence-corrected chi connectivity index (χ3v) is 3.04. The smallest absolute Gasteiger partial charge is 0.331 e. The van der Waals surface area contributed by atoms with Gasteiger partial charge in [0.2, 0.25) is 5.91 Å². The van der Waals surface area contributed by atoms with Crippen molar-refractivity contribution in [2.45, 2.75) is 13.8 Å². The third-order valence-electron chi connectivity index (χ3n) is 3.04. The van der Waals surface area contributed by atoms with Crippen molar-refractivity contribution in [3.63, 3.8) is 0 Å². The highest BCUT2D eigenvalue weighted by molar-refractivity contribution is 6.01. The van der Waals surface area contributed by atoms with E-state index in [2.05, 4.69) is 10.2 Å². The molecule has 0 bridgehead atoms. The first kappa shape index (κ1) is 14.7. The molecule has 0 aromatic heterocycles. The van der Waals surface area contributed by atoms with Crippen LogP contribution in [-0.4, -0.2) is 61.3 Å². The Hall–Kier alpha value is -1.40. The molecule has 0 aromatic rings. The monoisotopic (exact) mass is 256 g/mol. The lowest BCUT2D eigenvalue weighted by atomic mass is 10.1. The van der Waals surface area contributed by atoms with Gasteiger partial charge in [-0.15, -0.1) is 0 Å². The van der Waals surface area contributed by atoms with E-state index in [9.17, 15) is 9.59 Å². The Morgan fingerprint density at radius 3 is 2.39 bits per heavy atom. The average Bonchev–Trinajstić information content (AvgIpc) is 2.38. The second-order valence-corrected chi connectivity index (χ2v) is 4.27. The van der Waals surface area contributed by atoms with Gasteiger partial charge in [-0.2, -0.15) is 0 Å². The molecule has 1 amide bonds. The van der Waals surface area contributed by atoms with Gasteiger partial charge in [-0.05, 0) is 13.8 Å². The zero-order chi connectivity index (χ0) is 13.5. The Labute approximate surface area is 107 Å². The van der Waals surface area contributed by atoms with Crippen LogP contribution in [0.4, 0.5) is 0 Å². The van der Waals surface area contributed by atoms with E-state index >= 15 is 0 Å². The van der Waals surface area contributed by atoms with Gasteiger partial charge >= 0.3 is 5.97 Å². The van der Waals surface area contributed by atoms with E-state index in [1.165, 1.54) is 13.8 Å². The number of carboxylic acids is 1. The topological polar surface area (TPSA) is 78.9 Å². The highest BCUT2D eigenvalue weighted by Crippen LogP contribution is 2.03. The lowest BCUT2D eigenvalue weighted by Crippen LogP contribution is -2.41. The van der Waals surface area contributed by atoms with Crippen LogP contribution in [0.3, 0.4) is 0 Å². The van der Waals surface area contributed by atoms with Crippen molar-refractivity contribution < 1.29 is 19.4 Å². The molecule has 1 fully saturated rings. The number of rotatable bonds is 5. The van der Waals surface area contributed by atoms with Gasteiger partial charge < -0.3 is 15.2 Å². The summed E-state index contributed by atoms with van der Waals surface area (Å²) in [7, 11) is 0. The quantitative estimate of drug-likeness (QED) is 0.669. The van der Waals surface area contributed by atoms with Crippen LogP contribution in [0.15, 0.2) is 11.1 Å². The van der Waals surface area contributed by atoms with Gasteiger partial charge in [0.05, 0.1) is 13.2 Å². The van der Waals surface area contributed by atoms with E-state index in [1.807, 2.05) is 0 Å². The Balaban J connectivity index is 2.32. The number of carboxylic acid groups (broad SMARTS) is 1. The number of amides is 1. The minimum atomic E-state index is -1.06. The minimum absolute atomic E-state index is 0.0823. The van der Waals surface area contributed by atoms with Crippen LogP contribution in [0.25, 0.3) is 0 Å². The molecule has 0 spiro atoms. The first-order chi connectivity index (χ1) is 8.52. The van der Waals surface area contributed by atoms with Crippen LogP contribution in [0, 0.1) is 0 Å². The normalized spacial score (nSPS) is 18.1. The summed E-state index contributed by atoms with van der Waals surface area (Å²) in [5.74, 6) is -1.38. The van der Waals surface area contributed by atoms with Crippen LogP contribution < -0.4 is 5.32 Å². The number of hydrogen-bond donors (Lipinski definition) is 2. The van der Waals surface area contributed by atoms with E-state index < -0.39 is 5.97 Å². The number of carbonyl (C=O) groups is 2. The van der Waals surface area contributed by atoms with Crippen molar-refractivity contribution in [1.82, 2.24) is 10.2 Å². The first-order valence-electron chi connectivity index (χ1n) is 6.01. The molecule has 0 atom stereocenters. The van der Waals surface area contributed by atoms with E-state index in [0.29, 0.717) is 6.54 Å². The van der Waals surface area contributed by atoms with Gasteiger partial charge in [0.25, 0.3) is 0 Å². The molecule has 1 aliphatic rings. The summed E-state index contributed by atoms with van der Waals surface area (Å²) in [6.45, 7) is 7.43. The number of ether oxygens (including phenoxy) is 1. The highest BCUT2D eigenvalue weighted by atomic mass is 16.5. The lowest BCUT2D eigenvalue weighted by Gasteiger charge is -2.26. The molecule has 0 unspecified atom stereocenters. The number of morpholine rings is 1. The van der Waals surface area contributed by atoms with Crippen LogP contribution in [0.1, 0.15) is 13.8 Å². The number of hydrogen-bond acceptors (Lipinski definition) is 4. The molecular weight excluding hydrogens is 236 g/mol. The summed E-state index contributed by atoms with van der Waals surface area (Å²) < 4.78 is 5.22. The van der Waals surface area contributed by atoms with Crippen molar-refractivity contribution in [2.24, 2.45) is 0 Å². The summed E-state index contributed by atoms with van der Waals surface area (Å²) in [6.07, 6.45) is 0. The Morgan fingerprint density at radius 2 is 1.83 bits per heavy atom. The molecule has 6 nitrogen and oxygen atoms in total. The van der Waals surface area contributed by atoms with Crippen LogP contribution in [0.5, 0.6) is 0 Å². The summed E-state index contributed by atoms with van der Waals surface area (Å²) in [5.41, 5.74) is 0.336. The molecular formula is C12H20N2O4. The van der Waals surface area contributed by atoms with Gasteiger partial charge in [-0.1, -0.05) is 0 Å². The van der Waals surface area contributed by atoms with Gasteiger partial charge in [-0.3, -0.25) is 9.69 Å². The molecule has 1 aliphatic heterocycles. The third kappa shape index (κ3) is 4.46. The fourth-order valence-corrected chi connectivity index (χ4v) is 1.62. The summed E-state index contributed by atoms with van der Waals surface area (Å²) >= 11 is 0. The number of nitrogens with one attached hydrogen (secondary N) is 1. The predicted molar refractivity (Wildman–Crippen MR) is 66.3 cm³/mol. The molecule has 0 radical (unpaired) electrons. The molecule has 1 heterocycles. The Kier molecular flexibility index (Phi) is 5.80. The second kappa shape index (κ2) is 7.13. The summed E-state index contributed by atoms with van der Waals surface area (Å²) in [5, 5.41) is 11.5. The number of nitrogens with zero attached hydrogens (tertiary/aromatic N) is 1. The van der Waals surface area contributed by atoms with E-state index in [1.54, 1.807) is 0 Å².